The van der Waals surface area contributed by atoms with Crippen molar-refractivity contribution in [3.63, 3.8) is 0 Å². The van der Waals surface area contributed by atoms with E-state index in [1.807, 2.05) is 14.0 Å². The van der Waals surface area contributed by atoms with Crippen LogP contribution >= 0.6 is 0 Å². The molecule has 1 aliphatic heterocycles. The highest BCUT2D eigenvalue weighted by atomic mass is 16.5. The second kappa shape index (κ2) is 8.50. The molecule has 1 saturated heterocycles. The van der Waals surface area contributed by atoms with Crippen molar-refractivity contribution in [2.75, 3.05) is 53.6 Å². The molecule has 1 fully saturated rings. The minimum atomic E-state index is -0.0795. The van der Waals surface area contributed by atoms with Crippen LogP contribution in [0, 0.1) is 25.7 Å². The summed E-state index contributed by atoms with van der Waals surface area (Å²) in [5, 5.41) is 9.68. The molecule has 134 valence electrons. The Morgan fingerprint density at radius 1 is 1.38 bits per heavy atom. The summed E-state index contributed by atoms with van der Waals surface area (Å²) in [7, 11) is 3.72. The minimum absolute atomic E-state index is 0.0795. The Labute approximate surface area is 143 Å². The largest absolute Gasteiger partial charge is 0.396 e. The van der Waals surface area contributed by atoms with Crippen LogP contribution in [0.25, 0.3) is 0 Å². The molecule has 0 saturated carbocycles. The summed E-state index contributed by atoms with van der Waals surface area (Å²) in [4.78, 5) is 25.2. The summed E-state index contributed by atoms with van der Waals surface area (Å²) in [6.45, 7) is 7.30. The average Bonchev–Trinajstić information content (AvgIpc) is 2.94. The number of ether oxygens (including phenoxy) is 1. The van der Waals surface area contributed by atoms with Gasteiger partial charge in [0, 0.05) is 51.5 Å². The van der Waals surface area contributed by atoms with Crippen LogP contribution in [-0.4, -0.2) is 84.3 Å². The number of amides is 1. The standard InChI is InChI=1S/C17H28N4O3/c1-12-7-16(19-13(2)18-12)17(23)21-9-14(15(10-21)11-22)8-20(3)5-6-24-4/h7,14-15,22H,5-6,8-11H2,1-4H3/t14-,15-/m1/s1. The second-order valence-corrected chi connectivity index (χ2v) is 6.61. The fraction of sp³-hybridized carbons (Fsp3) is 0.706. The van der Waals surface area contributed by atoms with Gasteiger partial charge in [-0.25, -0.2) is 9.97 Å². The molecule has 0 aromatic carbocycles. The van der Waals surface area contributed by atoms with Gasteiger partial charge < -0.3 is 19.6 Å². The van der Waals surface area contributed by atoms with Crippen LogP contribution in [0.3, 0.4) is 0 Å². The number of aliphatic hydroxyl groups excluding tert-OH is 1. The number of methoxy groups -OCH3 is 1. The van der Waals surface area contributed by atoms with E-state index < -0.39 is 0 Å². The molecule has 0 aliphatic carbocycles. The van der Waals surface area contributed by atoms with Crippen LogP contribution in [-0.2, 0) is 4.74 Å². The van der Waals surface area contributed by atoms with Crippen molar-refractivity contribution >= 4 is 5.91 Å². The fourth-order valence-electron chi connectivity index (χ4n) is 3.25. The summed E-state index contributed by atoms with van der Waals surface area (Å²) in [6.07, 6.45) is 0. The van der Waals surface area contributed by atoms with E-state index in [1.165, 1.54) is 0 Å². The lowest BCUT2D eigenvalue weighted by Gasteiger charge is -2.23. The number of carbonyl (C=O) groups excluding carboxylic acids is 1. The lowest BCUT2D eigenvalue weighted by molar-refractivity contribution is 0.0772. The van der Waals surface area contributed by atoms with Crippen molar-refractivity contribution in [2.45, 2.75) is 13.8 Å². The topological polar surface area (TPSA) is 78.8 Å². The molecule has 0 spiro atoms. The monoisotopic (exact) mass is 336 g/mol. The predicted octanol–water partition coefficient (Wildman–Crippen LogP) is 0.352. The van der Waals surface area contributed by atoms with E-state index in [1.54, 1.807) is 25.0 Å². The van der Waals surface area contributed by atoms with Gasteiger partial charge in [-0.2, -0.15) is 0 Å². The van der Waals surface area contributed by atoms with Crippen molar-refractivity contribution in [3.05, 3.63) is 23.3 Å². The maximum Gasteiger partial charge on any atom is 0.272 e. The zero-order valence-electron chi connectivity index (χ0n) is 15.0. The van der Waals surface area contributed by atoms with Gasteiger partial charge >= 0.3 is 0 Å². The van der Waals surface area contributed by atoms with Crippen molar-refractivity contribution in [1.29, 1.82) is 0 Å². The number of likely N-dealkylation sites (N-methyl/N-ethyl adjacent to an activating group) is 1. The van der Waals surface area contributed by atoms with Gasteiger partial charge in [-0.15, -0.1) is 0 Å². The van der Waals surface area contributed by atoms with Crippen molar-refractivity contribution in [1.82, 2.24) is 19.8 Å². The first kappa shape index (κ1) is 18.8. The molecule has 0 radical (unpaired) electrons. The lowest BCUT2D eigenvalue weighted by atomic mass is 9.96. The van der Waals surface area contributed by atoms with Gasteiger partial charge in [0.2, 0.25) is 0 Å². The molecule has 0 unspecified atom stereocenters. The van der Waals surface area contributed by atoms with E-state index in [0.29, 0.717) is 31.2 Å². The summed E-state index contributed by atoms with van der Waals surface area (Å²) in [5.74, 6) is 0.879. The van der Waals surface area contributed by atoms with Crippen LogP contribution in [0.5, 0.6) is 0 Å². The third kappa shape index (κ3) is 4.72. The third-order valence-corrected chi connectivity index (χ3v) is 4.51. The van der Waals surface area contributed by atoms with E-state index >= 15 is 0 Å². The Bertz CT molecular complexity index is 547. The first-order valence-electron chi connectivity index (χ1n) is 8.34. The number of rotatable bonds is 7. The van der Waals surface area contributed by atoms with E-state index in [4.69, 9.17) is 4.74 Å². The van der Waals surface area contributed by atoms with Crippen molar-refractivity contribution < 1.29 is 14.6 Å². The highest BCUT2D eigenvalue weighted by Crippen LogP contribution is 2.25. The molecule has 1 aromatic rings. The lowest BCUT2D eigenvalue weighted by Crippen LogP contribution is -2.34. The smallest absolute Gasteiger partial charge is 0.272 e. The number of carbonyl (C=O) groups is 1. The predicted molar refractivity (Wildman–Crippen MR) is 90.8 cm³/mol. The Morgan fingerprint density at radius 3 is 2.71 bits per heavy atom. The van der Waals surface area contributed by atoms with Gasteiger partial charge in [0.05, 0.1) is 6.61 Å². The van der Waals surface area contributed by atoms with Crippen LogP contribution in [0.2, 0.25) is 0 Å². The van der Waals surface area contributed by atoms with Gasteiger partial charge in [-0.3, -0.25) is 4.79 Å². The molecule has 7 heteroatoms. The van der Waals surface area contributed by atoms with Crippen molar-refractivity contribution in [2.24, 2.45) is 11.8 Å². The number of aliphatic hydroxyl groups is 1. The van der Waals surface area contributed by atoms with Gasteiger partial charge in [0.15, 0.2) is 0 Å². The molecular formula is C17H28N4O3. The Balaban J connectivity index is 2.03. The van der Waals surface area contributed by atoms with Crippen LogP contribution in [0.15, 0.2) is 6.07 Å². The van der Waals surface area contributed by atoms with Crippen molar-refractivity contribution in [3.8, 4) is 0 Å². The molecule has 1 N–H and O–H groups in total. The molecule has 2 atom stereocenters. The summed E-state index contributed by atoms with van der Waals surface area (Å²) < 4.78 is 5.10. The van der Waals surface area contributed by atoms with Gasteiger partial charge in [0.1, 0.15) is 11.5 Å². The first-order valence-corrected chi connectivity index (χ1v) is 8.34. The van der Waals surface area contributed by atoms with Gasteiger partial charge in [-0.1, -0.05) is 0 Å². The number of likely N-dealkylation sites (tertiary alicyclic amines) is 1. The average molecular weight is 336 g/mol. The van der Waals surface area contributed by atoms with E-state index in [2.05, 4.69) is 14.9 Å². The number of hydrogen-bond acceptors (Lipinski definition) is 6. The van der Waals surface area contributed by atoms with Crippen LogP contribution in [0.1, 0.15) is 22.0 Å². The summed E-state index contributed by atoms with van der Waals surface area (Å²) in [6, 6.07) is 1.72. The summed E-state index contributed by atoms with van der Waals surface area (Å²) >= 11 is 0. The molecule has 0 bridgehead atoms. The Morgan fingerprint density at radius 2 is 2.08 bits per heavy atom. The number of aryl methyl sites for hydroxylation is 2. The maximum atomic E-state index is 12.7. The van der Waals surface area contributed by atoms with Crippen LogP contribution < -0.4 is 0 Å². The highest BCUT2D eigenvalue weighted by molar-refractivity contribution is 5.92. The molecular weight excluding hydrogens is 308 g/mol. The zero-order chi connectivity index (χ0) is 17.7. The molecule has 1 amide bonds. The van der Waals surface area contributed by atoms with Crippen LogP contribution in [0.4, 0.5) is 0 Å². The molecule has 1 aromatic heterocycles. The van der Waals surface area contributed by atoms with E-state index in [0.717, 1.165) is 18.8 Å². The number of hydrogen-bond donors (Lipinski definition) is 1. The second-order valence-electron chi connectivity index (χ2n) is 6.61. The Kier molecular flexibility index (Phi) is 6.65. The maximum absolute atomic E-state index is 12.7. The molecule has 2 heterocycles. The number of nitrogens with zero attached hydrogens (tertiary/aromatic N) is 4. The molecule has 1 aliphatic rings. The quantitative estimate of drug-likeness (QED) is 0.774. The first-order chi connectivity index (χ1) is 11.4. The van der Waals surface area contributed by atoms with E-state index in [9.17, 15) is 9.90 Å². The van der Waals surface area contributed by atoms with Gasteiger partial charge in [0.25, 0.3) is 5.91 Å². The summed E-state index contributed by atoms with van der Waals surface area (Å²) in [5.41, 5.74) is 1.23. The van der Waals surface area contributed by atoms with Gasteiger partial charge in [-0.05, 0) is 32.9 Å². The normalized spacial score (nSPS) is 20.8. The molecule has 2 rings (SSSR count). The third-order valence-electron chi connectivity index (χ3n) is 4.51. The number of aromatic nitrogens is 2. The SMILES string of the molecule is COCCN(C)C[C@@H]1CN(C(=O)c2cc(C)nc(C)n2)C[C@@H]1CO. The molecule has 7 nitrogen and oxygen atoms in total. The zero-order valence-corrected chi connectivity index (χ0v) is 15.0. The fourth-order valence-corrected chi connectivity index (χ4v) is 3.25. The minimum Gasteiger partial charge on any atom is -0.396 e. The molecule has 24 heavy (non-hydrogen) atoms. The Hall–Kier alpha value is -1.57. The highest BCUT2D eigenvalue weighted by Gasteiger charge is 2.36. The van der Waals surface area contributed by atoms with E-state index in [-0.39, 0.29) is 24.3 Å².